The van der Waals surface area contributed by atoms with Crippen LogP contribution in [0.1, 0.15) is 36.3 Å². The van der Waals surface area contributed by atoms with E-state index in [4.69, 9.17) is 0 Å². The van der Waals surface area contributed by atoms with Gasteiger partial charge >= 0.3 is 0 Å². The number of benzene rings is 1. The number of rotatable bonds is 7. The molecule has 23 heavy (non-hydrogen) atoms. The van der Waals surface area contributed by atoms with Crippen molar-refractivity contribution in [3.05, 3.63) is 53.9 Å². The SMILES string of the molecule is CC(C)CCNc1nccc(C(=O)N(C)Cc2ccccc2)n1. The first-order valence-electron chi connectivity index (χ1n) is 7.92. The third kappa shape index (κ3) is 5.36. The average Bonchev–Trinajstić information content (AvgIpc) is 2.55. The maximum atomic E-state index is 12.5. The second-order valence-corrected chi connectivity index (χ2v) is 6.02. The van der Waals surface area contributed by atoms with Crippen LogP contribution in [0, 0.1) is 5.92 Å². The number of amides is 1. The molecule has 0 unspecified atom stereocenters. The average molecular weight is 312 g/mol. The smallest absolute Gasteiger partial charge is 0.272 e. The molecule has 0 spiro atoms. The van der Waals surface area contributed by atoms with E-state index in [-0.39, 0.29) is 5.91 Å². The number of hydrogen-bond donors (Lipinski definition) is 1. The topological polar surface area (TPSA) is 58.1 Å². The quantitative estimate of drug-likeness (QED) is 0.853. The molecule has 1 aromatic heterocycles. The molecule has 0 atom stereocenters. The van der Waals surface area contributed by atoms with Crippen molar-refractivity contribution >= 4 is 11.9 Å². The van der Waals surface area contributed by atoms with Gasteiger partial charge < -0.3 is 10.2 Å². The highest BCUT2D eigenvalue weighted by atomic mass is 16.2. The van der Waals surface area contributed by atoms with Crippen LogP contribution < -0.4 is 5.32 Å². The van der Waals surface area contributed by atoms with Gasteiger partial charge in [-0.1, -0.05) is 44.2 Å². The summed E-state index contributed by atoms with van der Waals surface area (Å²) in [5, 5.41) is 3.17. The molecule has 0 aliphatic heterocycles. The van der Waals surface area contributed by atoms with Gasteiger partial charge in [0.1, 0.15) is 5.69 Å². The second kappa shape index (κ2) is 8.27. The molecule has 1 heterocycles. The van der Waals surface area contributed by atoms with Crippen LogP contribution in [0.2, 0.25) is 0 Å². The molecular formula is C18H24N4O. The molecule has 0 aliphatic rings. The van der Waals surface area contributed by atoms with Gasteiger partial charge in [-0.3, -0.25) is 4.79 Å². The largest absolute Gasteiger partial charge is 0.354 e. The first-order valence-corrected chi connectivity index (χ1v) is 7.92. The zero-order valence-electron chi connectivity index (χ0n) is 14.0. The molecule has 1 amide bonds. The molecule has 0 saturated carbocycles. The van der Waals surface area contributed by atoms with E-state index in [0.717, 1.165) is 18.5 Å². The lowest BCUT2D eigenvalue weighted by Crippen LogP contribution is -2.27. The normalized spacial score (nSPS) is 10.6. The minimum atomic E-state index is -0.108. The Bertz CT molecular complexity index is 628. The molecule has 5 nitrogen and oxygen atoms in total. The maximum absolute atomic E-state index is 12.5. The Morgan fingerprint density at radius 2 is 1.96 bits per heavy atom. The number of carbonyl (C=O) groups excluding carboxylic acids is 1. The summed E-state index contributed by atoms with van der Waals surface area (Å²) >= 11 is 0. The van der Waals surface area contributed by atoms with Crippen molar-refractivity contribution in [2.24, 2.45) is 5.92 Å². The summed E-state index contributed by atoms with van der Waals surface area (Å²) < 4.78 is 0. The third-order valence-electron chi connectivity index (χ3n) is 3.49. The lowest BCUT2D eigenvalue weighted by molar-refractivity contribution is 0.0779. The van der Waals surface area contributed by atoms with Crippen LogP contribution >= 0.6 is 0 Å². The Kier molecular flexibility index (Phi) is 6.09. The van der Waals surface area contributed by atoms with Gasteiger partial charge in [0.05, 0.1) is 0 Å². The van der Waals surface area contributed by atoms with Crippen molar-refractivity contribution in [3.8, 4) is 0 Å². The van der Waals surface area contributed by atoms with Crippen LogP contribution in [-0.2, 0) is 6.54 Å². The van der Waals surface area contributed by atoms with Gasteiger partial charge in [0.2, 0.25) is 5.95 Å². The van der Waals surface area contributed by atoms with Gasteiger partial charge in [-0.25, -0.2) is 9.97 Å². The molecule has 2 rings (SSSR count). The molecule has 122 valence electrons. The van der Waals surface area contributed by atoms with Gasteiger partial charge in [0.15, 0.2) is 0 Å². The number of aromatic nitrogens is 2. The first-order chi connectivity index (χ1) is 11.1. The number of anilines is 1. The van der Waals surface area contributed by atoms with Crippen LogP contribution in [0.15, 0.2) is 42.6 Å². The molecule has 0 aliphatic carbocycles. The highest BCUT2D eigenvalue weighted by Crippen LogP contribution is 2.08. The number of carbonyl (C=O) groups is 1. The molecule has 0 saturated heterocycles. The zero-order valence-corrected chi connectivity index (χ0v) is 14.0. The summed E-state index contributed by atoms with van der Waals surface area (Å²) in [5.41, 5.74) is 1.50. The van der Waals surface area contributed by atoms with E-state index in [1.54, 1.807) is 24.2 Å². The minimum Gasteiger partial charge on any atom is -0.354 e. The van der Waals surface area contributed by atoms with Crippen molar-refractivity contribution in [2.45, 2.75) is 26.8 Å². The summed E-state index contributed by atoms with van der Waals surface area (Å²) in [6, 6.07) is 11.6. The molecule has 2 aromatic rings. The number of hydrogen-bond acceptors (Lipinski definition) is 4. The molecule has 1 aromatic carbocycles. The number of nitrogens with zero attached hydrogens (tertiary/aromatic N) is 3. The van der Waals surface area contributed by atoms with Crippen LogP contribution in [0.5, 0.6) is 0 Å². The molecule has 0 fully saturated rings. The van der Waals surface area contributed by atoms with E-state index in [0.29, 0.717) is 24.1 Å². The Hall–Kier alpha value is -2.43. The Morgan fingerprint density at radius 3 is 2.65 bits per heavy atom. The van der Waals surface area contributed by atoms with Crippen molar-refractivity contribution < 1.29 is 4.79 Å². The fourth-order valence-corrected chi connectivity index (χ4v) is 2.16. The van der Waals surface area contributed by atoms with Crippen LogP contribution in [0.3, 0.4) is 0 Å². The van der Waals surface area contributed by atoms with E-state index in [2.05, 4.69) is 29.1 Å². The van der Waals surface area contributed by atoms with Crippen molar-refractivity contribution in [1.82, 2.24) is 14.9 Å². The lowest BCUT2D eigenvalue weighted by Gasteiger charge is -2.17. The van der Waals surface area contributed by atoms with E-state index in [1.807, 2.05) is 30.3 Å². The van der Waals surface area contributed by atoms with E-state index in [1.165, 1.54) is 0 Å². The Balaban J connectivity index is 1.98. The van der Waals surface area contributed by atoms with Gasteiger partial charge in [0, 0.05) is 26.3 Å². The first kappa shape index (κ1) is 16.9. The van der Waals surface area contributed by atoms with Crippen molar-refractivity contribution in [2.75, 3.05) is 18.9 Å². The van der Waals surface area contributed by atoms with E-state index >= 15 is 0 Å². The fraction of sp³-hybridized carbons (Fsp3) is 0.389. The molecule has 5 heteroatoms. The Labute approximate surface area is 137 Å². The van der Waals surface area contributed by atoms with Crippen LogP contribution in [0.25, 0.3) is 0 Å². The minimum absolute atomic E-state index is 0.108. The number of nitrogens with one attached hydrogen (secondary N) is 1. The van der Waals surface area contributed by atoms with Crippen LogP contribution in [0.4, 0.5) is 5.95 Å². The summed E-state index contributed by atoms with van der Waals surface area (Å²) in [6.07, 6.45) is 2.66. The highest BCUT2D eigenvalue weighted by molar-refractivity contribution is 5.92. The molecule has 1 N–H and O–H groups in total. The van der Waals surface area contributed by atoms with Crippen molar-refractivity contribution in [3.63, 3.8) is 0 Å². The second-order valence-electron chi connectivity index (χ2n) is 6.02. The predicted molar refractivity (Wildman–Crippen MR) is 92.2 cm³/mol. The Morgan fingerprint density at radius 1 is 1.22 bits per heavy atom. The van der Waals surface area contributed by atoms with Crippen molar-refractivity contribution in [1.29, 1.82) is 0 Å². The van der Waals surface area contributed by atoms with Gasteiger partial charge in [-0.15, -0.1) is 0 Å². The highest BCUT2D eigenvalue weighted by Gasteiger charge is 2.14. The van der Waals surface area contributed by atoms with Gasteiger partial charge in [-0.05, 0) is 24.0 Å². The third-order valence-corrected chi connectivity index (χ3v) is 3.49. The summed E-state index contributed by atoms with van der Waals surface area (Å²) in [4.78, 5) is 22.6. The zero-order chi connectivity index (χ0) is 16.7. The van der Waals surface area contributed by atoms with Crippen LogP contribution in [-0.4, -0.2) is 34.4 Å². The van der Waals surface area contributed by atoms with E-state index in [9.17, 15) is 4.79 Å². The summed E-state index contributed by atoms with van der Waals surface area (Å²) in [6.45, 7) is 5.69. The molecule has 0 radical (unpaired) electrons. The van der Waals surface area contributed by atoms with E-state index < -0.39 is 0 Å². The standard InChI is InChI=1S/C18H24N4O/c1-14(2)9-11-19-18-20-12-10-16(21-18)17(23)22(3)13-15-7-5-4-6-8-15/h4-8,10,12,14H,9,11,13H2,1-3H3,(H,19,20,21). The predicted octanol–water partition coefficient (Wildman–Crippen LogP) is 3.21. The summed E-state index contributed by atoms with van der Waals surface area (Å²) in [7, 11) is 1.78. The fourth-order valence-electron chi connectivity index (χ4n) is 2.16. The van der Waals surface area contributed by atoms with Gasteiger partial charge in [-0.2, -0.15) is 0 Å². The van der Waals surface area contributed by atoms with Gasteiger partial charge in [0.25, 0.3) is 5.91 Å². The molecule has 0 bridgehead atoms. The lowest BCUT2D eigenvalue weighted by atomic mass is 10.1. The summed E-state index contributed by atoms with van der Waals surface area (Å²) in [5.74, 6) is 1.01. The maximum Gasteiger partial charge on any atom is 0.272 e. The molecular weight excluding hydrogens is 288 g/mol. The monoisotopic (exact) mass is 312 g/mol.